The topological polar surface area (TPSA) is 87.7 Å². The van der Waals surface area contributed by atoms with Crippen LogP contribution in [0.2, 0.25) is 0 Å². The van der Waals surface area contributed by atoms with Crippen molar-refractivity contribution >= 4 is 45.0 Å². The predicted octanol–water partition coefficient (Wildman–Crippen LogP) is 2.81. The van der Waals surface area contributed by atoms with E-state index in [1.807, 2.05) is 30.9 Å². The number of hydrogen-bond acceptors (Lipinski definition) is 5. The third-order valence-corrected chi connectivity index (χ3v) is 6.23. The van der Waals surface area contributed by atoms with E-state index >= 15 is 0 Å². The molecule has 1 aromatic carbocycles. The lowest BCUT2D eigenvalue weighted by Crippen LogP contribution is -2.48. The van der Waals surface area contributed by atoms with Crippen LogP contribution in [0.5, 0.6) is 0 Å². The number of halogens is 1. The lowest BCUT2D eigenvalue weighted by atomic mass is 10.1. The van der Waals surface area contributed by atoms with Gasteiger partial charge in [0.15, 0.2) is 0 Å². The molecule has 1 fully saturated rings. The second-order valence-electron chi connectivity index (χ2n) is 7.23. The highest BCUT2D eigenvalue weighted by Gasteiger charge is 2.26. The molecule has 1 saturated heterocycles. The fourth-order valence-electron chi connectivity index (χ4n) is 3.24. The third kappa shape index (κ3) is 6.13. The summed E-state index contributed by atoms with van der Waals surface area (Å²) < 4.78 is 6.53. The van der Waals surface area contributed by atoms with Gasteiger partial charge >= 0.3 is 0 Å². The van der Waals surface area contributed by atoms with Crippen molar-refractivity contribution in [2.24, 2.45) is 0 Å². The standard InChI is InChI=1S/C21H24BrN3O4S/c1-13-11-25(12-14(2)29-13)21(28)16-5-3-15(4-6-16)9-23-19(26)10-24-20(27)17-7-8-18(22)30-17/h3-8,13-14H,9-12H2,1-2H3,(H,23,26)(H,24,27). The van der Waals surface area contributed by atoms with E-state index in [-0.39, 0.29) is 36.5 Å². The van der Waals surface area contributed by atoms with Crippen LogP contribution < -0.4 is 10.6 Å². The number of morpholine rings is 1. The molecule has 1 aromatic heterocycles. The smallest absolute Gasteiger partial charge is 0.261 e. The van der Waals surface area contributed by atoms with E-state index in [9.17, 15) is 14.4 Å². The van der Waals surface area contributed by atoms with Gasteiger partial charge in [-0.3, -0.25) is 14.4 Å². The SMILES string of the molecule is CC1CN(C(=O)c2ccc(CNC(=O)CNC(=O)c3ccc(Br)s3)cc2)CC(C)O1. The van der Waals surface area contributed by atoms with Gasteiger partial charge in [0, 0.05) is 25.2 Å². The van der Waals surface area contributed by atoms with Crippen LogP contribution in [0, 0.1) is 0 Å². The Bertz CT molecular complexity index is 905. The van der Waals surface area contributed by atoms with Crippen molar-refractivity contribution in [3.8, 4) is 0 Å². The lowest BCUT2D eigenvalue weighted by Gasteiger charge is -2.35. The fraction of sp³-hybridized carbons (Fsp3) is 0.381. The van der Waals surface area contributed by atoms with Gasteiger partial charge in [-0.15, -0.1) is 11.3 Å². The molecule has 2 heterocycles. The first-order chi connectivity index (χ1) is 14.3. The fourth-order valence-corrected chi connectivity index (χ4v) is 4.54. The van der Waals surface area contributed by atoms with Gasteiger partial charge in [-0.25, -0.2) is 0 Å². The number of ether oxygens (including phenoxy) is 1. The van der Waals surface area contributed by atoms with Crippen LogP contribution in [0.4, 0.5) is 0 Å². The van der Waals surface area contributed by atoms with Gasteiger partial charge in [0.25, 0.3) is 11.8 Å². The first kappa shape index (κ1) is 22.5. The van der Waals surface area contributed by atoms with Crippen molar-refractivity contribution in [1.82, 2.24) is 15.5 Å². The van der Waals surface area contributed by atoms with Gasteiger partial charge in [-0.05, 0) is 59.6 Å². The van der Waals surface area contributed by atoms with E-state index in [2.05, 4.69) is 26.6 Å². The van der Waals surface area contributed by atoms with Gasteiger partial charge in [-0.1, -0.05) is 12.1 Å². The summed E-state index contributed by atoms with van der Waals surface area (Å²) in [6, 6.07) is 10.7. The number of hydrogen-bond donors (Lipinski definition) is 2. The van der Waals surface area contributed by atoms with Crippen molar-refractivity contribution in [3.63, 3.8) is 0 Å². The maximum absolute atomic E-state index is 12.7. The molecule has 2 aromatic rings. The van der Waals surface area contributed by atoms with Crippen molar-refractivity contribution in [1.29, 1.82) is 0 Å². The number of thiophene rings is 1. The summed E-state index contributed by atoms with van der Waals surface area (Å²) in [5.41, 5.74) is 1.48. The molecule has 7 nitrogen and oxygen atoms in total. The molecule has 0 spiro atoms. The monoisotopic (exact) mass is 493 g/mol. The Morgan fingerprint density at radius 3 is 2.33 bits per heavy atom. The third-order valence-electron chi connectivity index (χ3n) is 4.60. The van der Waals surface area contributed by atoms with E-state index in [0.29, 0.717) is 30.1 Å². The number of amides is 3. The van der Waals surface area contributed by atoms with Crippen LogP contribution in [0.3, 0.4) is 0 Å². The van der Waals surface area contributed by atoms with Crippen LogP contribution >= 0.6 is 27.3 Å². The molecule has 2 atom stereocenters. The molecule has 9 heteroatoms. The highest BCUT2D eigenvalue weighted by Crippen LogP contribution is 2.21. The Morgan fingerprint density at radius 2 is 1.73 bits per heavy atom. The van der Waals surface area contributed by atoms with Crippen LogP contribution in [0.1, 0.15) is 39.4 Å². The largest absolute Gasteiger partial charge is 0.372 e. The predicted molar refractivity (Wildman–Crippen MR) is 119 cm³/mol. The number of rotatable bonds is 6. The zero-order valence-electron chi connectivity index (χ0n) is 16.8. The molecule has 1 aliphatic rings. The highest BCUT2D eigenvalue weighted by atomic mass is 79.9. The minimum Gasteiger partial charge on any atom is -0.372 e. The second kappa shape index (κ2) is 10.2. The first-order valence-electron chi connectivity index (χ1n) is 9.65. The van der Waals surface area contributed by atoms with Crippen LogP contribution in [-0.4, -0.2) is 54.5 Å². The molecule has 2 N–H and O–H groups in total. The Balaban J connectivity index is 1.45. The molecule has 2 unspecified atom stereocenters. The van der Waals surface area contributed by atoms with E-state index in [4.69, 9.17) is 4.74 Å². The maximum atomic E-state index is 12.7. The minimum atomic E-state index is -0.282. The highest BCUT2D eigenvalue weighted by molar-refractivity contribution is 9.11. The summed E-state index contributed by atoms with van der Waals surface area (Å²) in [6.07, 6.45) is 0.0445. The molecule has 0 aliphatic carbocycles. The molecule has 160 valence electrons. The average molecular weight is 494 g/mol. The molecule has 0 radical (unpaired) electrons. The number of benzene rings is 1. The van der Waals surface area contributed by atoms with E-state index in [0.717, 1.165) is 9.35 Å². The number of carbonyl (C=O) groups excluding carboxylic acids is 3. The normalized spacial score (nSPS) is 18.7. The quantitative estimate of drug-likeness (QED) is 0.647. The van der Waals surface area contributed by atoms with E-state index in [1.54, 1.807) is 24.3 Å². The van der Waals surface area contributed by atoms with Gasteiger partial charge < -0.3 is 20.3 Å². The van der Waals surface area contributed by atoms with Crippen molar-refractivity contribution < 1.29 is 19.1 Å². The molecule has 0 saturated carbocycles. The van der Waals surface area contributed by atoms with Gasteiger partial charge in [0.2, 0.25) is 5.91 Å². The zero-order chi connectivity index (χ0) is 21.7. The van der Waals surface area contributed by atoms with Gasteiger partial charge in [0.05, 0.1) is 27.4 Å². The van der Waals surface area contributed by atoms with Crippen LogP contribution in [0.15, 0.2) is 40.2 Å². The molecule has 30 heavy (non-hydrogen) atoms. The summed E-state index contributed by atoms with van der Waals surface area (Å²) in [7, 11) is 0. The Morgan fingerprint density at radius 1 is 1.07 bits per heavy atom. The summed E-state index contributed by atoms with van der Waals surface area (Å²) >= 11 is 4.61. The van der Waals surface area contributed by atoms with E-state index < -0.39 is 0 Å². The lowest BCUT2D eigenvalue weighted by molar-refractivity contribution is -0.120. The molecular weight excluding hydrogens is 470 g/mol. The first-order valence-corrected chi connectivity index (χ1v) is 11.3. The van der Waals surface area contributed by atoms with Gasteiger partial charge in [-0.2, -0.15) is 0 Å². The zero-order valence-corrected chi connectivity index (χ0v) is 19.2. The molecule has 0 bridgehead atoms. The summed E-state index contributed by atoms with van der Waals surface area (Å²) in [4.78, 5) is 39.0. The number of nitrogens with zero attached hydrogens (tertiary/aromatic N) is 1. The van der Waals surface area contributed by atoms with Crippen molar-refractivity contribution in [3.05, 3.63) is 56.2 Å². The minimum absolute atomic E-state index is 0.0180. The maximum Gasteiger partial charge on any atom is 0.261 e. The summed E-state index contributed by atoms with van der Waals surface area (Å²) in [5, 5.41) is 5.36. The second-order valence-corrected chi connectivity index (χ2v) is 9.69. The van der Waals surface area contributed by atoms with Crippen LogP contribution in [-0.2, 0) is 16.1 Å². The molecule has 1 aliphatic heterocycles. The Kier molecular flexibility index (Phi) is 7.63. The molecule has 3 rings (SSSR count). The van der Waals surface area contributed by atoms with Crippen LogP contribution in [0.25, 0.3) is 0 Å². The number of nitrogens with one attached hydrogen (secondary N) is 2. The Labute approximate surface area is 187 Å². The molecule has 3 amide bonds. The summed E-state index contributed by atoms with van der Waals surface area (Å²) in [5.74, 6) is -0.582. The van der Waals surface area contributed by atoms with Crippen molar-refractivity contribution in [2.45, 2.75) is 32.6 Å². The molecular formula is C21H24BrN3O4S. The number of carbonyl (C=O) groups is 3. The van der Waals surface area contributed by atoms with Gasteiger partial charge in [0.1, 0.15) is 0 Å². The van der Waals surface area contributed by atoms with Crippen molar-refractivity contribution in [2.75, 3.05) is 19.6 Å². The van der Waals surface area contributed by atoms with E-state index in [1.165, 1.54) is 11.3 Å². The summed E-state index contributed by atoms with van der Waals surface area (Å²) in [6.45, 7) is 5.30. The average Bonchev–Trinajstić information content (AvgIpc) is 3.16. The Hall–Kier alpha value is -2.23.